The van der Waals surface area contributed by atoms with E-state index in [9.17, 15) is 5.11 Å². The summed E-state index contributed by atoms with van der Waals surface area (Å²) in [6, 6.07) is 6.00. The first-order valence-electron chi connectivity index (χ1n) is 4.79. The predicted octanol–water partition coefficient (Wildman–Crippen LogP) is 2.53. The number of aliphatic hydroxyl groups excluding tert-OH is 1. The van der Waals surface area contributed by atoms with Crippen LogP contribution in [0.5, 0.6) is 0 Å². The molecule has 0 atom stereocenters. The summed E-state index contributed by atoms with van der Waals surface area (Å²) in [4.78, 5) is 0. The minimum absolute atomic E-state index is 0.0693. The molecule has 0 saturated heterocycles. The van der Waals surface area contributed by atoms with Crippen molar-refractivity contribution >= 4 is 26.8 Å². The van der Waals surface area contributed by atoms with Gasteiger partial charge in [-0.3, -0.25) is 4.68 Å². The van der Waals surface area contributed by atoms with Crippen LogP contribution in [0, 0.1) is 0 Å². The molecule has 0 bridgehead atoms. The predicted molar refractivity (Wildman–Crippen MR) is 63.8 cm³/mol. The van der Waals surface area contributed by atoms with Crippen molar-refractivity contribution in [2.45, 2.75) is 19.4 Å². The van der Waals surface area contributed by atoms with Crippen LogP contribution in [-0.2, 0) is 5.54 Å². The van der Waals surface area contributed by atoms with E-state index < -0.39 is 0 Å². The van der Waals surface area contributed by atoms with Crippen molar-refractivity contribution in [3.8, 4) is 0 Å². The summed E-state index contributed by atoms with van der Waals surface area (Å²) in [5, 5.41) is 14.7. The van der Waals surface area contributed by atoms with Crippen molar-refractivity contribution in [3.05, 3.63) is 28.9 Å². The molecule has 15 heavy (non-hydrogen) atoms. The van der Waals surface area contributed by atoms with E-state index >= 15 is 0 Å². The van der Waals surface area contributed by atoms with Gasteiger partial charge in [0.25, 0.3) is 0 Å². The van der Waals surface area contributed by atoms with Gasteiger partial charge in [0.15, 0.2) is 0 Å². The van der Waals surface area contributed by atoms with Crippen LogP contribution in [0.1, 0.15) is 13.8 Å². The van der Waals surface area contributed by atoms with Crippen molar-refractivity contribution in [3.63, 3.8) is 0 Å². The Morgan fingerprint density at radius 3 is 2.87 bits per heavy atom. The number of benzene rings is 1. The molecule has 0 unspecified atom stereocenters. The Morgan fingerprint density at radius 2 is 2.20 bits per heavy atom. The van der Waals surface area contributed by atoms with E-state index in [1.807, 2.05) is 42.9 Å². The van der Waals surface area contributed by atoms with Gasteiger partial charge in [-0.15, -0.1) is 0 Å². The van der Waals surface area contributed by atoms with Gasteiger partial charge in [-0.25, -0.2) is 0 Å². The Labute approximate surface area is 96.8 Å². The van der Waals surface area contributed by atoms with E-state index in [0.29, 0.717) is 0 Å². The van der Waals surface area contributed by atoms with E-state index in [2.05, 4.69) is 21.0 Å². The van der Waals surface area contributed by atoms with E-state index in [4.69, 9.17) is 0 Å². The van der Waals surface area contributed by atoms with Gasteiger partial charge in [-0.05, 0) is 32.0 Å². The zero-order chi connectivity index (χ0) is 11.1. The average molecular weight is 269 g/mol. The van der Waals surface area contributed by atoms with Crippen LogP contribution in [0.4, 0.5) is 0 Å². The molecule has 2 aromatic rings. The Morgan fingerprint density at radius 1 is 1.47 bits per heavy atom. The van der Waals surface area contributed by atoms with Gasteiger partial charge in [0.1, 0.15) is 0 Å². The van der Waals surface area contributed by atoms with Gasteiger partial charge in [-0.2, -0.15) is 5.10 Å². The standard InChI is InChI=1S/C11H13BrN2O/c1-11(2,7-15)14-10-4-3-9(12)5-8(10)6-13-14/h3-6,15H,7H2,1-2H3. The maximum atomic E-state index is 9.31. The van der Waals surface area contributed by atoms with Crippen LogP contribution in [0.2, 0.25) is 0 Å². The van der Waals surface area contributed by atoms with E-state index in [1.165, 1.54) is 0 Å². The third-order valence-corrected chi connectivity index (χ3v) is 2.98. The number of hydrogen-bond acceptors (Lipinski definition) is 2. The van der Waals surface area contributed by atoms with Crippen LogP contribution in [0.25, 0.3) is 10.9 Å². The molecule has 1 heterocycles. The summed E-state index contributed by atoms with van der Waals surface area (Å²) >= 11 is 3.42. The van der Waals surface area contributed by atoms with Crippen molar-refractivity contribution in [1.82, 2.24) is 9.78 Å². The maximum absolute atomic E-state index is 9.31. The molecule has 0 aliphatic rings. The van der Waals surface area contributed by atoms with Crippen molar-refractivity contribution in [2.24, 2.45) is 0 Å². The number of halogens is 1. The molecule has 0 amide bonds. The molecule has 0 aliphatic carbocycles. The Hall–Kier alpha value is -0.870. The largest absolute Gasteiger partial charge is 0.394 e. The highest BCUT2D eigenvalue weighted by Crippen LogP contribution is 2.24. The highest BCUT2D eigenvalue weighted by Gasteiger charge is 2.21. The highest BCUT2D eigenvalue weighted by atomic mass is 79.9. The first kappa shape index (κ1) is 10.6. The Kier molecular flexibility index (Phi) is 2.56. The number of nitrogens with zero attached hydrogens (tertiary/aromatic N) is 2. The molecule has 1 aromatic heterocycles. The normalized spacial score (nSPS) is 12.3. The van der Waals surface area contributed by atoms with Gasteiger partial charge in [0, 0.05) is 9.86 Å². The molecule has 1 aromatic carbocycles. The lowest BCUT2D eigenvalue weighted by molar-refractivity contribution is 0.156. The first-order chi connectivity index (χ1) is 7.04. The minimum Gasteiger partial charge on any atom is -0.394 e. The van der Waals surface area contributed by atoms with Crippen molar-refractivity contribution < 1.29 is 5.11 Å². The van der Waals surface area contributed by atoms with Crippen molar-refractivity contribution in [2.75, 3.05) is 6.61 Å². The highest BCUT2D eigenvalue weighted by molar-refractivity contribution is 9.10. The zero-order valence-corrected chi connectivity index (χ0v) is 10.3. The smallest absolute Gasteiger partial charge is 0.0808 e. The topological polar surface area (TPSA) is 38.0 Å². The molecular weight excluding hydrogens is 256 g/mol. The van der Waals surface area contributed by atoms with Crippen LogP contribution in [-0.4, -0.2) is 21.5 Å². The summed E-state index contributed by atoms with van der Waals surface area (Å²) in [6.07, 6.45) is 1.82. The number of hydrogen-bond donors (Lipinski definition) is 1. The average Bonchev–Trinajstić information content (AvgIpc) is 2.61. The molecule has 2 rings (SSSR count). The lowest BCUT2D eigenvalue weighted by Crippen LogP contribution is -2.31. The fourth-order valence-corrected chi connectivity index (χ4v) is 1.93. The molecule has 80 valence electrons. The molecule has 0 spiro atoms. The monoisotopic (exact) mass is 268 g/mol. The summed E-state index contributed by atoms with van der Waals surface area (Å²) in [5.74, 6) is 0. The van der Waals surface area contributed by atoms with Gasteiger partial charge in [0.05, 0.1) is 23.9 Å². The molecule has 0 fully saturated rings. The Bertz CT molecular complexity index is 490. The van der Waals surface area contributed by atoms with Crippen LogP contribution in [0.15, 0.2) is 28.9 Å². The molecule has 4 heteroatoms. The number of aromatic nitrogens is 2. The summed E-state index contributed by atoms with van der Waals surface area (Å²) in [5.41, 5.74) is 0.674. The maximum Gasteiger partial charge on any atom is 0.0808 e. The molecule has 1 N–H and O–H groups in total. The fraction of sp³-hybridized carbons (Fsp3) is 0.364. The third-order valence-electron chi connectivity index (χ3n) is 2.49. The second kappa shape index (κ2) is 3.61. The Balaban J connectivity index is 2.64. The first-order valence-corrected chi connectivity index (χ1v) is 5.58. The fourth-order valence-electron chi connectivity index (χ4n) is 1.55. The summed E-state index contributed by atoms with van der Waals surface area (Å²) < 4.78 is 2.89. The number of rotatable bonds is 2. The zero-order valence-electron chi connectivity index (χ0n) is 8.74. The van der Waals surface area contributed by atoms with Crippen molar-refractivity contribution in [1.29, 1.82) is 0 Å². The molecule has 0 aliphatic heterocycles. The van der Waals surface area contributed by atoms with E-state index in [-0.39, 0.29) is 12.1 Å². The lowest BCUT2D eigenvalue weighted by atomic mass is 10.1. The van der Waals surface area contributed by atoms with Gasteiger partial charge < -0.3 is 5.11 Å². The SMILES string of the molecule is CC(C)(CO)n1ncc2cc(Br)ccc21. The van der Waals surface area contributed by atoms with Crippen LogP contribution < -0.4 is 0 Å². The second-order valence-electron chi connectivity index (χ2n) is 4.23. The molecular formula is C11H13BrN2O. The lowest BCUT2D eigenvalue weighted by Gasteiger charge is -2.23. The van der Waals surface area contributed by atoms with Crippen LogP contribution >= 0.6 is 15.9 Å². The van der Waals surface area contributed by atoms with Crippen LogP contribution in [0.3, 0.4) is 0 Å². The molecule has 0 radical (unpaired) electrons. The number of fused-ring (bicyclic) bond motifs is 1. The van der Waals surface area contributed by atoms with E-state index in [1.54, 1.807) is 0 Å². The van der Waals surface area contributed by atoms with Gasteiger partial charge in [-0.1, -0.05) is 15.9 Å². The van der Waals surface area contributed by atoms with E-state index in [0.717, 1.165) is 15.4 Å². The molecule has 0 saturated carbocycles. The minimum atomic E-state index is -0.365. The summed E-state index contributed by atoms with van der Waals surface area (Å²) in [7, 11) is 0. The van der Waals surface area contributed by atoms with Gasteiger partial charge in [0.2, 0.25) is 0 Å². The number of aliphatic hydroxyl groups is 1. The second-order valence-corrected chi connectivity index (χ2v) is 5.15. The third kappa shape index (κ3) is 1.79. The quantitative estimate of drug-likeness (QED) is 0.909. The van der Waals surface area contributed by atoms with Gasteiger partial charge >= 0.3 is 0 Å². The molecule has 3 nitrogen and oxygen atoms in total. The summed E-state index contributed by atoms with van der Waals surface area (Å²) in [6.45, 7) is 3.99.